The predicted octanol–water partition coefficient (Wildman–Crippen LogP) is 6.07. The van der Waals surface area contributed by atoms with E-state index in [9.17, 15) is 10.1 Å². The van der Waals surface area contributed by atoms with Crippen LogP contribution in [0.25, 0.3) is 11.1 Å². The molecule has 0 radical (unpaired) electrons. The fraction of sp³-hybridized carbons (Fsp3) is 0.333. The first-order valence-corrected chi connectivity index (χ1v) is 11.1. The number of nitro groups is 1. The predicted molar refractivity (Wildman–Crippen MR) is 133 cm³/mol. The molecule has 0 fully saturated rings. The van der Waals surface area contributed by atoms with Crippen LogP contribution in [0.3, 0.4) is 0 Å². The maximum Gasteiger partial charge on any atom is 0.269 e. The molecule has 0 aliphatic carbocycles. The van der Waals surface area contributed by atoms with Gasteiger partial charge in [-0.25, -0.2) is 0 Å². The van der Waals surface area contributed by atoms with E-state index in [2.05, 4.69) is 26.0 Å². The molecule has 33 heavy (non-hydrogen) atoms. The molecule has 0 aliphatic heterocycles. The van der Waals surface area contributed by atoms with E-state index in [1.54, 1.807) is 12.1 Å². The highest BCUT2D eigenvalue weighted by atomic mass is 16.6. The molecular weight excluding hydrogens is 418 g/mol. The number of hydrogen-bond donors (Lipinski definition) is 1. The zero-order chi connectivity index (χ0) is 24.3. The van der Waals surface area contributed by atoms with E-state index in [1.165, 1.54) is 17.7 Å². The van der Waals surface area contributed by atoms with Crippen molar-refractivity contribution in [2.75, 3.05) is 26.4 Å². The zero-order valence-corrected chi connectivity index (χ0v) is 19.7. The molecule has 0 heterocycles. The molecule has 1 N–H and O–H groups in total. The van der Waals surface area contributed by atoms with E-state index in [0.717, 1.165) is 17.5 Å². The number of ether oxygens (including phenoxy) is 2. The Morgan fingerprint density at radius 2 is 1.39 bits per heavy atom. The van der Waals surface area contributed by atoms with Crippen LogP contribution in [0.15, 0.2) is 84.9 Å². The summed E-state index contributed by atoms with van der Waals surface area (Å²) < 4.78 is 10.3. The maximum atomic E-state index is 10.5. The van der Waals surface area contributed by atoms with Gasteiger partial charge in [0.15, 0.2) is 0 Å². The van der Waals surface area contributed by atoms with Gasteiger partial charge in [-0.1, -0.05) is 73.2 Å². The summed E-state index contributed by atoms with van der Waals surface area (Å²) in [4.78, 5) is 10.1. The number of hydrogen-bond acceptors (Lipinski definition) is 5. The number of nitrogens with zero attached hydrogens (tertiary/aromatic N) is 1. The Hall–Kier alpha value is -3.06. The second kappa shape index (κ2) is 17.5. The van der Waals surface area contributed by atoms with Crippen LogP contribution < -0.4 is 0 Å². The van der Waals surface area contributed by atoms with Crippen LogP contribution >= 0.6 is 0 Å². The van der Waals surface area contributed by atoms with Gasteiger partial charge in [0.05, 0.1) is 37.5 Å². The minimum atomic E-state index is -0.394. The van der Waals surface area contributed by atoms with Gasteiger partial charge in [0.2, 0.25) is 0 Å². The summed E-state index contributed by atoms with van der Waals surface area (Å²) in [5.74, 6) is 0. The van der Waals surface area contributed by atoms with Crippen LogP contribution in [0.4, 0.5) is 5.69 Å². The number of rotatable bonds is 9. The topological polar surface area (TPSA) is 81.8 Å². The largest absolute Gasteiger partial charge is 0.394 e. The summed E-state index contributed by atoms with van der Waals surface area (Å²) in [6, 6.07) is 26.6. The van der Waals surface area contributed by atoms with Gasteiger partial charge in [0, 0.05) is 12.1 Å². The number of benzene rings is 3. The lowest BCUT2D eigenvalue weighted by Crippen LogP contribution is -2.12. The molecule has 0 spiro atoms. The number of non-ortho nitro benzene ring substituents is 1. The molecule has 0 saturated heterocycles. The van der Waals surface area contributed by atoms with Gasteiger partial charge in [-0.05, 0) is 43.5 Å². The second-order valence-corrected chi connectivity index (χ2v) is 7.25. The first-order valence-electron chi connectivity index (χ1n) is 11.1. The normalized spacial score (nSPS) is 10.8. The van der Waals surface area contributed by atoms with Crippen molar-refractivity contribution in [3.63, 3.8) is 0 Å². The summed E-state index contributed by atoms with van der Waals surface area (Å²) in [6.45, 7) is 7.89. The zero-order valence-electron chi connectivity index (χ0n) is 19.7. The van der Waals surface area contributed by atoms with E-state index in [-0.39, 0.29) is 12.3 Å². The minimum absolute atomic E-state index is 0.0866. The molecule has 3 aromatic carbocycles. The third-order valence-electron chi connectivity index (χ3n) is 4.57. The van der Waals surface area contributed by atoms with E-state index in [0.29, 0.717) is 25.9 Å². The average Bonchev–Trinajstić information content (AvgIpc) is 2.85. The Labute approximate surface area is 197 Å². The highest BCUT2D eigenvalue weighted by Gasteiger charge is 2.04. The lowest BCUT2D eigenvalue weighted by atomic mass is 10.1. The van der Waals surface area contributed by atoms with E-state index in [1.807, 2.05) is 55.5 Å². The third-order valence-corrected chi connectivity index (χ3v) is 4.57. The first-order chi connectivity index (χ1) is 16.0. The molecular formula is C27H35NO5. The lowest BCUT2D eigenvalue weighted by Gasteiger charge is -2.09. The van der Waals surface area contributed by atoms with E-state index in [4.69, 9.17) is 14.6 Å². The Balaban J connectivity index is 0.000000266. The molecule has 0 bridgehead atoms. The molecule has 0 saturated carbocycles. The smallest absolute Gasteiger partial charge is 0.269 e. The monoisotopic (exact) mass is 453 g/mol. The number of aryl methyl sites for hydroxylation is 1. The number of nitro benzene ring substituents is 1. The van der Waals surface area contributed by atoms with Crippen LogP contribution in [0.2, 0.25) is 0 Å². The minimum Gasteiger partial charge on any atom is -0.394 e. The molecule has 0 amide bonds. The first kappa shape index (κ1) is 28.0. The van der Waals surface area contributed by atoms with Crippen LogP contribution in [0, 0.1) is 17.0 Å². The lowest BCUT2D eigenvalue weighted by molar-refractivity contribution is -0.384. The van der Waals surface area contributed by atoms with Crippen molar-refractivity contribution < 1.29 is 19.5 Å². The van der Waals surface area contributed by atoms with Gasteiger partial charge < -0.3 is 14.6 Å². The molecule has 1 atom stereocenters. The Morgan fingerprint density at radius 1 is 0.848 bits per heavy atom. The third kappa shape index (κ3) is 13.2. The molecule has 178 valence electrons. The quantitative estimate of drug-likeness (QED) is 0.242. The van der Waals surface area contributed by atoms with Crippen molar-refractivity contribution in [2.45, 2.75) is 33.3 Å². The summed E-state index contributed by atoms with van der Waals surface area (Å²) in [5.41, 5.74) is 3.49. The highest BCUT2D eigenvalue weighted by molar-refractivity contribution is 5.64. The molecule has 3 aromatic rings. The van der Waals surface area contributed by atoms with Crippen molar-refractivity contribution >= 4 is 5.69 Å². The van der Waals surface area contributed by atoms with Gasteiger partial charge >= 0.3 is 0 Å². The Morgan fingerprint density at radius 3 is 1.85 bits per heavy atom. The van der Waals surface area contributed by atoms with E-state index >= 15 is 0 Å². The van der Waals surface area contributed by atoms with Crippen molar-refractivity contribution in [3.8, 4) is 11.1 Å². The Kier molecular flexibility index (Phi) is 14.8. The van der Waals surface area contributed by atoms with Gasteiger partial charge in [-0.15, -0.1) is 0 Å². The standard InChI is InChI=1S/C12H9NO2.C8H18O3.C7H8/c14-13(15)12-8-6-11(7-9-12)10-4-2-1-3-5-10;1-3-8(2)11-7-6-10-5-4-9;1-7-5-3-2-4-6-7/h1-9H;8-9H,3-7H2,1-2H3;2-6H,1H3. The summed E-state index contributed by atoms with van der Waals surface area (Å²) in [6.07, 6.45) is 1.34. The number of aliphatic hydroxyl groups is 1. The fourth-order valence-electron chi connectivity index (χ4n) is 2.53. The molecule has 0 aromatic heterocycles. The van der Waals surface area contributed by atoms with Crippen LogP contribution in [-0.2, 0) is 9.47 Å². The summed E-state index contributed by atoms with van der Waals surface area (Å²) >= 11 is 0. The van der Waals surface area contributed by atoms with Crippen molar-refractivity contribution in [2.24, 2.45) is 0 Å². The van der Waals surface area contributed by atoms with Gasteiger partial charge in [-0.3, -0.25) is 10.1 Å². The van der Waals surface area contributed by atoms with Crippen LogP contribution in [0.1, 0.15) is 25.8 Å². The van der Waals surface area contributed by atoms with Crippen molar-refractivity contribution in [3.05, 3.63) is 101 Å². The second-order valence-electron chi connectivity index (χ2n) is 7.25. The summed E-state index contributed by atoms with van der Waals surface area (Å²) in [5, 5.41) is 18.8. The van der Waals surface area contributed by atoms with Crippen LogP contribution in [0.5, 0.6) is 0 Å². The molecule has 6 nitrogen and oxygen atoms in total. The Bertz CT molecular complexity index is 870. The summed E-state index contributed by atoms with van der Waals surface area (Å²) in [7, 11) is 0. The molecule has 6 heteroatoms. The van der Waals surface area contributed by atoms with Gasteiger partial charge in [0.1, 0.15) is 0 Å². The molecule has 0 aliphatic rings. The fourth-order valence-corrected chi connectivity index (χ4v) is 2.53. The van der Waals surface area contributed by atoms with Crippen molar-refractivity contribution in [1.82, 2.24) is 0 Å². The molecule has 3 rings (SSSR count). The van der Waals surface area contributed by atoms with Gasteiger partial charge in [0.25, 0.3) is 5.69 Å². The molecule has 1 unspecified atom stereocenters. The van der Waals surface area contributed by atoms with Gasteiger partial charge in [-0.2, -0.15) is 0 Å². The average molecular weight is 454 g/mol. The SMILES string of the molecule is CCC(C)OCCOCCO.Cc1ccccc1.O=[N+]([O-])c1ccc(-c2ccccc2)cc1. The maximum absolute atomic E-state index is 10.5. The van der Waals surface area contributed by atoms with Crippen molar-refractivity contribution in [1.29, 1.82) is 0 Å². The highest BCUT2D eigenvalue weighted by Crippen LogP contribution is 2.21. The van der Waals surface area contributed by atoms with E-state index < -0.39 is 4.92 Å². The van der Waals surface area contributed by atoms with Crippen LogP contribution in [-0.4, -0.2) is 42.6 Å². The number of aliphatic hydroxyl groups excluding tert-OH is 1.